The van der Waals surface area contributed by atoms with E-state index >= 15 is 0 Å². The molecule has 0 spiro atoms. The Kier molecular flexibility index (Phi) is 4.54. The fraction of sp³-hybridized carbons (Fsp3) is 0.115. The summed E-state index contributed by atoms with van der Waals surface area (Å²) in [5, 5.41) is 5.38. The van der Waals surface area contributed by atoms with E-state index in [0.717, 1.165) is 30.8 Å². The van der Waals surface area contributed by atoms with Crippen LogP contribution in [0.15, 0.2) is 78.9 Å². The predicted octanol–water partition coefficient (Wildman–Crippen LogP) is 4.77. The highest BCUT2D eigenvalue weighted by Crippen LogP contribution is 2.34. The van der Waals surface area contributed by atoms with E-state index in [9.17, 15) is 4.39 Å². The highest BCUT2D eigenvalue weighted by atomic mass is 19.1. The molecule has 162 valence electrons. The van der Waals surface area contributed by atoms with Crippen LogP contribution in [0.5, 0.6) is 0 Å². The van der Waals surface area contributed by atoms with Gasteiger partial charge < -0.3 is 10.6 Å². The van der Waals surface area contributed by atoms with Gasteiger partial charge in [-0.25, -0.2) is 14.1 Å². The van der Waals surface area contributed by atoms with Crippen molar-refractivity contribution in [3.8, 4) is 16.9 Å². The zero-order valence-corrected chi connectivity index (χ0v) is 17.8. The Labute approximate surface area is 190 Å². The van der Waals surface area contributed by atoms with Gasteiger partial charge >= 0.3 is 0 Å². The van der Waals surface area contributed by atoms with Crippen LogP contribution in [-0.4, -0.2) is 26.3 Å². The summed E-state index contributed by atoms with van der Waals surface area (Å²) in [5.41, 5.74) is 12.1. The molecule has 1 aliphatic rings. The molecule has 0 atom stereocenters. The van der Waals surface area contributed by atoms with Crippen LogP contribution in [0, 0.1) is 5.82 Å². The third kappa shape index (κ3) is 3.38. The normalized spacial score (nSPS) is 13.3. The summed E-state index contributed by atoms with van der Waals surface area (Å²) >= 11 is 0. The monoisotopic (exact) mass is 436 g/mol. The van der Waals surface area contributed by atoms with Gasteiger partial charge in [0.25, 0.3) is 0 Å². The molecule has 6 rings (SSSR count). The zero-order valence-electron chi connectivity index (χ0n) is 17.8. The topological polar surface area (TPSA) is 72.9 Å². The summed E-state index contributed by atoms with van der Waals surface area (Å²) in [7, 11) is 0. The van der Waals surface area contributed by atoms with Crippen molar-refractivity contribution in [3.63, 3.8) is 0 Å². The van der Waals surface area contributed by atoms with Crippen molar-refractivity contribution >= 4 is 22.8 Å². The van der Waals surface area contributed by atoms with Crippen LogP contribution in [0.25, 0.3) is 28.0 Å². The SMILES string of the molecule is Nc1c2c(-c3ccccc3)nc(N3CCc4ccccc4C3)nc2nn1-c1ccc(F)cc1. The van der Waals surface area contributed by atoms with Gasteiger partial charge in [0.15, 0.2) is 5.65 Å². The van der Waals surface area contributed by atoms with E-state index in [4.69, 9.17) is 15.7 Å². The first-order valence-electron chi connectivity index (χ1n) is 10.9. The highest BCUT2D eigenvalue weighted by molar-refractivity contribution is 5.99. The maximum atomic E-state index is 13.5. The van der Waals surface area contributed by atoms with Crippen molar-refractivity contribution in [2.45, 2.75) is 13.0 Å². The summed E-state index contributed by atoms with van der Waals surface area (Å²) in [6, 6.07) is 24.5. The number of nitrogens with two attached hydrogens (primary N) is 1. The van der Waals surface area contributed by atoms with Gasteiger partial charge in [-0.05, 0) is 41.8 Å². The number of aromatic nitrogens is 4. The molecule has 3 aromatic carbocycles. The van der Waals surface area contributed by atoms with E-state index in [1.165, 1.54) is 23.3 Å². The van der Waals surface area contributed by atoms with Crippen molar-refractivity contribution in [3.05, 3.63) is 95.8 Å². The van der Waals surface area contributed by atoms with Crippen LogP contribution >= 0.6 is 0 Å². The zero-order chi connectivity index (χ0) is 22.4. The number of benzene rings is 3. The van der Waals surface area contributed by atoms with E-state index in [-0.39, 0.29) is 5.82 Å². The summed E-state index contributed by atoms with van der Waals surface area (Å²) in [5.74, 6) is 0.733. The van der Waals surface area contributed by atoms with Gasteiger partial charge in [0, 0.05) is 18.7 Å². The molecule has 5 aromatic rings. The number of nitrogens with zero attached hydrogens (tertiary/aromatic N) is 5. The lowest BCUT2D eigenvalue weighted by Gasteiger charge is -2.29. The Bertz CT molecular complexity index is 1460. The number of halogens is 1. The largest absolute Gasteiger partial charge is 0.383 e. The summed E-state index contributed by atoms with van der Waals surface area (Å²) in [4.78, 5) is 12.0. The highest BCUT2D eigenvalue weighted by Gasteiger charge is 2.23. The molecule has 1 aliphatic heterocycles. The molecule has 0 saturated carbocycles. The quantitative estimate of drug-likeness (QED) is 0.441. The lowest BCUT2D eigenvalue weighted by atomic mass is 10.0. The molecule has 3 heterocycles. The fourth-order valence-electron chi connectivity index (χ4n) is 4.39. The van der Waals surface area contributed by atoms with Crippen LogP contribution < -0.4 is 10.6 Å². The van der Waals surface area contributed by atoms with Crippen molar-refractivity contribution < 1.29 is 4.39 Å². The molecule has 0 aliphatic carbocycles. The lowest BCUT2D eigenvalue weighted by Crippen LogP contribution is -2.31. The Morgan fingerprint density at radius 3 is 2.33 bits per heavy atom. The lowest BCUT2D eigenvalue weighted by molar-refractivity contribution is 0.627. The van der Waals surface area contributed by atoms with Gasteiger partial charge in [0.1, 0.15) is 11.6 Å². The second-order valence-corrected chi connectivity index (χ2v) is 8.15. The molecule has 6 nitrogen and oxygen atoms in total. The van der Waals surface area contributed by atoms with E-state index in [2.05, 4.69) is 34.3 Å². The molecule has 0 bridgehead atoms. The molecular weight excluding hydrogens is 415 g/mol. The second kappa shape index (κ2) is 7.70. The number of rotatable bonds is 3. The van der Waals surface area contributed by atoms with Gasteiger partial charge in [0.05, 0.1) is 16.8 Å². The number of hydrogen-bond acceptors (Lipinski definition) is 5. The first kappa shape index (κ1) is 19.4. The molecule has 0 amide bonds. The Balaban J connectivity index is 1.53. The minimum absolute atomic E-state index is 0.313. The van der Waals surface area contributed by atoms with Gasteiger partial charge in [-0.2, -0.15) is 4.98 Å². The third-order valence-corrected chi connectivity index (χ3v) is 6.09. The molecular formula is C26H21FN6. The van der Waals surface area contributed by atoms with Crippen LogP contribution in [-0.2, 0) is 13.0 Å². The minimum atomic E-state index is -0.313. The second-order valence-electron chi connectivity index (χ2n) is 8.15. The van der Waals surface area contributed by atoms with Crippen molar-refractivity contribution in [2.75, 3.05) is 17.2 Å². The van der Waals surface area contributed by atoms with Crippen molar-refractivity contribution in [2.24, 2.45) is 0 Å². The first-order chi connectivity index (χ1) is 16.2. The molecule has 7 heteroatoms. The molecule has 0 saturated heterocycles. The van der Waals surface area contributed by atoms with E-state index in [0.29, 0.717) is 28.5 Å². The molecule has 0 fully saturated rings. The van der Waals surface area contributed by atoms with Gasteiger partial charge in [-0.1, -0.05) is 54.6 Å². The van der Waals surface area contributed by atoms with E-state index in [1.807, 2.05) is 30.3 Å². The van der Waals surface area contributed by atoms with Gasteiger partial charge in [-0.3, -0.25) is 0 Å². The average molecular weight is 436 g/mol. The number of nitrogen functional groups attached to an aromatic ring is 1. The average Bonchev–Trinajstić information content (AvgIpc) is 3.20. The molecule has 0 radical (unpaired) electrons. The predicted molar refractivity (Wildman–Crippen MR) is 128 cm³/mol. The third-order valence-electron chi connectivity index (χ3n) is 6.09. The van der Waals surface area contributed by atoms with Crippen LogP contribution in [0.2, 0.25) is 0 Å². The number of anilines is 2. The first-order valence-corrected chi connectivity index (χ1v) is 10.9. The van der Waals surface area contributed by atoms with Crippen LogP contribution in [0.3, 0.4) is 0 Å². The van der Waals surface area contributed by atoms with Gasteiger partial charge in [0.2, 0.25) is 5.95 Å². The molecule has 0 unspecified atom stereocenters. The fourth-order valence-corrected chi connectivity index (χ4v) is 4.39. The van der Waals surface area contributed by atoms with E-state index in [1.54, 1.807) is 16.8 Å². The minimum Gasteiger partial charge on any atom is -0.383 e. The summed E-state index contributed by atoms with van der Waals surface area (Å²) in [6.45, 7) is 1.56. The Morgan fingerprint density at radius 1 is 0.818 bits per heavy atom. The van der Waals surface area contributed by atoms with Crippen LogP contribution in [0.4, 0.5) is 16.2 Å². The van der Waals surface area contributed by atoms with Crippen molar-refractivity contribution in [1.82, 2.24) is 19.7 Å². The summed E-state index contributed by atoms with van der Waals surface area (Å²) in [6.07, 6.45) is 0.935. The number of hydrogen-bond donors (Lipinski definition) is 1. The number of fused-ring (bicyclic) bond motifs is 2. The molecule has 2 aromatic heterocycles. The standard InChI is InChI=1S/C26H21FN6/c27-20-10-12-21(13-11-20)33-24(28)22-23(18-7-2-1-3-8-18)29-26(30-25(22)31-33)32-15-14-17-6-4-5-9-19(17)16-32/h1-13H,14-16,28H2. The maximum absolute atomic E-state index is 13.5. The van der Waals surface area contributed by atoms with Gasteiger partial charge in [-0.15, -0.1) is 5.10 Å². The smallest absolute Gasteiger partial charge is 0.228 e. The Hall–Kier alpha value is -4.26. The molecule has 2 N–H and O–H groups in total. The van der Waals surface area contributed by atoms with Crippen molar-refractivity contribution in [1.29, 1.82) is 0 Å². The Morgan fingerprint density at radius 2 is 1.55 bits per heavy atom. The summed E-state index contributed by atoms with van der Waals surface area (Å²) < 4.78 is 15.1. The van der Waals surface area contributed by atoms with Crippen LogP contribution in [0.1, 0.15) is 11.1 Å². The maximum Gasteiger partial charge on any atom is 0.228 e. The van der Waals surface area contributed by atoms with E-state index < -0.39 is 0 Å². The molecule has 33 heavy (non-hydrogen) atoms.